The van der Waals surface area contributed by atoms with E-state index in [9.17, 15) is 24.9 Å². The summed E-state index contributed by atoms with van der Waals surface area (Å²) in [6, 6.07) is 9.86. The second-order valence-corrected chi connectivity index (χ2v) is 15.0. The van der Waals surface area contributed by atoms with E-state index in [4.69, 9.17) is 38.4 Å². The lowest BCUT2D eigenvalue weighted by atomic mass is 9.55. The summed E-state index contributed by atoms with van der Waals surface area (Å²) in [5.74, 6) is -0.371. The van der Waals surface area contributed by atoms with Crippen LogP contribution in [0, 0.1) is 17.8 Å². The maximum absolute atomic E-state index is 14.3. The Balaban J connectivity index is 1.76. The molecule has 2 aromatic rings. The molecular formula is C46H62N2O12. The number of oxime groups is 1. The normalized spacial score (nSPS) is 23.3. The first-order valence-corrected chi connectivity index (χ1v) is 21.1. The standard InChI is InChI=1S/C46H62N2O12/c1-5-8-24-56-45(53)48(19-25-55-26-22-51)42-30-39(47-58-7-3)37-28-32(13-9-11-20-49)36(14-10-12-21-50)43-38-29-35(59-34-15-17-40(54-4)33(27-34)31-52)16-18-41(38)60-46(42,44(37)43)57-23-6-2/h5-6,15-18,27-29,31-32,36,42-44,49-51H,1-2,7-14,19-26,30H2,3-4H3. The van der Waals surface area contributed by atoms with E-state index in [2.05, 4.69) is 19.2 Å². The lowest BCUT2D eigenvalue weighted by Crippen LogP contribution is -2.70. The summed E-state index contributed by atoms with van der Waals surface area (Å²) < 4.78 is 37.5. The van der Waals surface area contributed by atoms with Gasteiger partial charge in [0.1, 0.15) is 35.6 Å². The minimum atomic E-state index is -1.50. The average Bonchev–Trinajstić information content (AvgIpc) is 3.26. The number of carbonyl (C=O) groups is 2. The van der Waals surface area contributed by atoms with Gasteiger partial charge in [-0.15, -0.1) is 13.2 Å². The molecule has 328 valence electrons. The van der Waals surface area contributed by atoms with Crippen molar-refractivity contribution in [1.82, 2.24) is 4.90 Å². The molecule has 60 heavy (non-hydrogen) atoms. The predicted octanol–water partition coefficient (Wildman–Crippen LogP) is 6.98. The van der Waals surface area contributed by atoms with Crippen LogP contribution in [-0.4, -0.2) is 117 Å². The van der Waals surface area contributed by atoms with E-state index in [1.165, 1.54) is 7.11 Å². The van der Waals surface area contributed by atoms with E-state index in [0.29, 0.717) is 60.1 Å². The highest BCUT2D eigenvalue weighted by Crippen LogP contribution is 2.62. The molecular weight excluding hydrogens is 773 g/mol. The summed E-state index contributed by atoms with van der Waals surface area (Å²) in [4.78, 5) is 33.6. The molecule has 2 aliphatic carbocycles. The number of fused-ring (bicyclic) bond motifs is 2. The van der Waals surface area contributed by atoms with Gasteiger partial charge in [0, 0.05) is 37.7 Å². The quantitative estimate of drug-likeness (QED) is 0.0385. The third kappa shape index (κ3) is 10.8. The molecule has 1 amide bonds. The van der Waals surface area contributed by atoms with E-state index in [1.807, 2.05) is 19.1 Å². The summed E-state index contributed by atoms with van der Waals surface area (Å²) in [6.45, 7) is 10.4. The summed E-state index contributed by atoms with van der Waals surface area (Å²) in [5.41, 5.74) is 2.75. The van der Waals surface area contributed by atoms with Crippen LogP contribution in [0.4, 0.5) is 4.79 Å². The van der Waals surface area contributed by atoms with Crippen LogP contribution in [0.1, 0.15) is 80.1 Å². The maximum Gasteiger partial charge on any atom is 0.410 e. The SMILES string of the molecule is C=CCCOC(=O)N(CCOCCO)C1CC(=NOCC)C2=CC(CCCCO)C(CCCCO)C3c4cc(Oc5ccc(OC)c(C=O)c5)ccc4OC1(OCC=C)C23. The first-order valence-electron chi connectivity index (χ1n) is 21.1. The molecule has 2 aromatic carbocycles. The number of hydrogen-bond donors (Lipinski definition) is 3. The van der Waals surface area contributed by atoms with Crippen LogP contribution in [-0.2, 0) is 19.0 Å². The first-order chi connectivity index (χ1) is 29.3. The van der Waals surface area contributed by atoms with E-state index in [0.717, 1.165) is 43.1 Å². The van der Waals surface area contributed by atoms with Crippen LogP contribution >= 0.6 is 0 Å². The Labute approximate surface area is 353 Å². The summed E-state index contributed by atoms with van der Waals surface area (Å²) in [6.07, 6.45) is 10.7. The van der Waals surface area contributed by atoms with Crippen molar-refractivity contribution in [3.63, 3.8) is 0 Å². The Morgan fingerprint density at radius 1 is 0.983 bits per heavy atom. The van der Waals surface area contributed by atoms with Gasteiger partial charge in [-0.25, -0.2) is 4.79 Å². The van der Waals surface area contributed by atoms with Gasteiger partial charge in [0.2, 0.25) is 5.79 Å². The zero-order chi connectivity index (χ0) is 42.9. The molecule has 1 saturated carbocycles. The minimum Gasteiger partial charge on any atom is -0.496 e. The van der Waals surface area contributed by atoms with Crippen molar-refractivity contribution < 1.29 is 58.2 Å². The number of nitrogens with zero attached hydrogens (tertiary/aromatic N) is 2. The molecule has 0 radical (unpaired) electrons. The maximum atomic E-state index is 14.3. The van der Waals surface area contributed by atoms with Gasteiger partial charge in [0.05, 0.1) is 57.3 Å². The Kier molecular flexibility index (Phi) is 18.0. The number of allylic oxidation sites excluding steroid dienone is 1. The predicted molar refractivity (Wildman–Crippen MR) is 226 cm³/mol. The Morgan fingerprint density at radius 3 is 2.45 bits per heavy atom. The fourth-order valence-corrected chi connectivity index (χ4v) is 8.87. The molecule has 3 aliphatic rings. The van der Waals surface area contributed by atoms with Crippen LogP contribution in [0.15, 0.2) is 78.5 Å². The van der Waals surface area contributed by atoms with Crippen molar-refractivity contribution in [3.05, 3.63) is 84.5 Å². The molecule has 3 N–H and O–H groups in total. The molecule has 1 heterocycles. The molecule has 5 rings (SSSR count). The Bertz CT molecular complexity index is 1800. The third-order valence-electron chi connectivity index (χ3n) is 11.4. The van der Waals surface area contributed by atoms with Gasteiger partial charge >= 0.3 is 6.09 Å². The highest BCUT2D eigenvalue weighted by Gasteiger charge is 2.65. The van der Waals surface area contributed by atoms with Gasteiger partial charge in [-0.3, -0.25) is 9.69 Å². The molecule has 6 unspecified atom stereocenters. The topological polar surface area (TPSA) is 175 Å². The number of benzene rings is 2. The van der Waals surface area contributed by atoms with Crippen LogP contribution in [0.3, 0.4) is 0 Å². The molecule has 1 aliphatic heterocycles. The van der Waals surface area contributed by atoms with Gasteiger partial charge in [-0.1, -0.05) is 36.2 Å². The largest absolute Gasteiger partial charge is 0.496 e. The molecule has 0 bridgehead atoms. The lowest BCUT2D eigenvalue weighted by Gasteiger charge is -2.59. The number of carbonyl (C=O) groups excluding carboxylic acids is 2. The average molecular weight is 835 g/mol. The fraction of sp³-hybridized carbons (Fsp3) is 0.543. The number of rotatable bonds is 26. The molecule has 0 spiro atoms. The number of ether oxygens (including phenoxy) is 6. The monoisotopic (exact) mass is 834 g/mol. The third-order valence-corrected chi connectivity index (χ3v) is 11.4. The van der Waals surface area contributed by atoms with Crippen molar-refractivity contribution in [1.29, 1.82) is 0 Å². The van der Waals surface area contributed by atoms with Crippen molar-refractivity contribution >= 4 is 18.1 Å². The minimum absolute atomic E-state index is 0.00998. The van der Waals surface area contributed by atoms with E-state index >= 15 is 0 Å². The number of aliphatic hydroxyl groups excluding tert-OH is 3. The second-order valence-electron chi connectivity index (χ2n) is 15.0. The molecule has 0 saturated heterocycles. The molecule has 1 fully saturated rings. The van der Waals surface area contributed by atoms with Crippen molar-refractivity contribution in [2.75, 3.05) is 66.5 Å². The Morgan fingerprint density at radius 2 is 1.75 bits per heavy atom. The van der Waals surface area contributed by atoms with Gasteiger partial charge in [-0.05, 0) is 92.8 Å². The zero-order valence-electron chi connectivity index (χ0n) is 35.0. The summed E-state index contributed by atoms with van der Waals surface area (Å²) in [7, 11) is 1.50. The van der Waals surface area contributed by atoms with E-state index < -0.39 is 23.8 Å². The Hall–Kier alpha value is -4.73. The van der Waals surface area contributed by atoms with Crippen LogP contribution in [0.5, 0.6) is 23.0 Å². The second kappa shape index (κ2) is 23.3. The molecule has 0 aromatic heterocycles. The van der Waals surface area contributed by atoms with Gasteiger partial charge in [0.15, 0.2) is 6.29 Å². The smallest absolute Gasteiger partial charge is 0.410 e. The van der Waals surface area contributed by atoms with Gasteiger partial charge < -0.3 is 48.6 Å². The van der Waals surface area contributed by atoms with E-state index in [1.54, 1.807) is 41.3 Å². The number of aliphatic hydroxyl groups is 3. The zero-order valence-corrected chi connectivity index (χ0v) is 35.0. The van der Waals surface area contributed by atoms with Crippen molar-refractivity contribution in [3.8, 4) is 23.0 Å². The van der Waals surface area contributed by atoms with Crippen LogP contribution < -0.4 is 14.2 Å². The number of hydrogen-bond acceptors (Lipinski definition) is 13. The first kappa shape index (κ1) is 46.3. The van der Waals surface area contributed by atoms with Gasteiger partial charge in [0.25, 0.3) is 0 Å². The summed E-state index contributed by atoms with van der Waals surface area (Å²) in [5, 5.41) is 34.0. The van der Waals surface area contributed by atoms with Crippen LogP contribution in [0.25, 0.3) is 0 Å². The number of methoxy groups -OCH3 is 1. The van der Waals surface area contributed by atoms with Crippen molar-refractivity contribution in [2.24, 2.45) is 22.9 Å². The fourth-order valence-electron chi connectivity index (χ4n) is 8.87. The molecule has 6 atom stereocenters. The lowest BCUT2D eigenvalue weighted by molar-refractivity contribution is -0.256. The van der Waals surface area contributed by atoms with Crippen molar-refractivity contribution in [2.45, 2.75) is 76.0 Å². The molecule has 14 nitrogen and oxygen atoms in total. The number of aldehydes is 1. The summed E-state index contributed by atoms with van der Waals surface area (Å²) >= 11 is 0. The highest BCUT2D eigenvalue weighted by molar-refractivity contribution is 6.03. The van der Waals surface area contributed by atoms with Crippen LogP contribution in [0.2, 0.25) is 0 Å². The highest BCUT2D eigenvalue weighted by atomic mass is 16.7. The van der Waals surface area contributed by atoms with E-state index in [-0.39, 0.29) is 77.0 Å². The number of unbranched alkanes of at least 4 members (excludes halogenated alkanes) is 2. The molecule has 14 heteroatoms. The van der Waals surface area contributed by atoms with Gasteiger partial charge in [-0.2, -0.15) is 0 Å². The number of amides is 1.